The van der Waals surface area contributed by atoms with Crippen LogP contribution in [-0.2, 0) is 4.79 Å². The minimum atomic E-state index is -0.924. The van der Waals surface area contributed by atoms with Gasteiger partial charge >= 0.3 is 5.97 Å². The van der Waals surface area contributed by atoms with E-state index in [1.807, 2.05) is 24.3 Å². The van der Waals surface area contributed by atoms with E-state index in [1.54, 1.807) is 24.3 Å². The minimum Gasteiger partial charge on any atom is -0.479 e. The van der Waals surface area contributed by atoms with Crippen molar-refractivity contribution < 1.29 is 9.90 Å². The van der Waals surface area contributed by atoms with Gasteiger partial charge in [-0.05, 0) is 35.2 Å². The maximum atomic E-state index is 11.5. The molecule has 0 saturated carbocycles. The van der Waals surface area contributed by atoms with E-state index >= 15 is 0 Å². The molecule has 4 heteroatoms. The van der Waals surface area contributed by atoms with Gasteiger partial charge < -0.3 is 10.4 Å². The average molecular weight is 304 g/mol. The average Bonchev–Trinajstić information content (AvgIpc) is 2.44. The molecule has 0 spiro atoms. The normalized spacial score (nSPS) is 12.2. The number of aliphatic carboxylic acids is 1. The van der Waals surface area contributed by atoms with Crippen molar-refractivity contribution in [3.8, 4) is 0 Å². The Labute approximate surface area is 129 Å². The van der Waals surface area contributed by atoms with Gasteiger partial charge in [0.1, 0.15) is 0 Å². The number of carbonyl (C=O) groups is 1. The van der Waals surface area contributed by atoms with Gasteiger partial charge in [0.05, 0.1) is 0 Å². The van der Waals surface area contributed by atoms with Gasteiger partial charge in [0.25, 0.3) is 0 Å². The number of nitrogens with one attached hydrogen (secondary N) is 1. The fourth-order valence-corrected chi connectivity index (χ4v) is 2.30. The molecule has 2 aromatic rings. The van der Waals surface area contributed by atoms with E-state index in [1.165, 1.54) is 5.56 Å². The van der Waals surface area contributed by atoms with Crippen LogP contribution in [0.3, 0.4) is 0 Å². The molecule has 0 heterocycles. The first-order valence-electron chi connectivity index (χ1n) is 6.82. The Kier molecular flexibility index (Phi) is 4.86. The molecule has 0 saturated heterocycles. The second kappa shape index (κ2) is 6.64. The summed E-state index contributed by atoms with van der Waals surface area (Å²) in [5, 5.41) is 13.0. The third kappa shape index (κ3) is 3.99. The molecule has 2 rings (SSSR count). The monoisotopic (exact) mass is 303 g/mol. The largest absolute Gasteiger partial charge is 0.479 e. The molecule has 0 amide bonds. The second-order valence-corrected chi connectivity index (χ2v) is 5.68. The highest BCUT2D eigenvalue weighted by atomic mass is 35.5. The molecular formula is C17H18ClNO2. The predicted molar refractivity (Wildman–Crippen MR) is 86.0 cm³/mol. The summed E-state index contributed by atoms with van der Waals surface area (Å²) < 4.78 is 0. The summed E-state index contributed by atoms with van der Waals surface area (Å²) in [6, 6.07) is 13.9. The van der Waals surface area contributed by atoms with E-state index in [4.69, 9.17) is 11.6 Å². The van der Waals surface area contributed by atoms with E-state index in [0.29, 0.717) is 22.2 Å². The van der Waals surface area contributed by atoms with Crippen LogP contribution in [0.4, 0.5) is 5.69 Å². The van der Waals surface area contributed by atoms with Crippen LogP contribution < -0.4 is 5.32 Å². The maximum absolute atomic E-state index is 11.5. The molecule has 3 nitrogen and oxygen atoms in total. The lowest BCUT2D eigenvalue weighted by Gasteiger charge is -2.17. The molecule has 0 aliphatic heterocycles. The lowest BCUT2D eigenvalue weighted by atomic mass is 9.99. The molecule has 110 valence electrons. The number of hydrogen-bond donors (Lipinski definition) is 2. The maximum Gasteiger partial charge on any atom is 0.330 e. The van der Waals surface area contributed by atoms with Crippen molar-refractivity contribution >= 4 is 23.3 Å². The zero-order valence-corrected chi connectivity index (χ0v) is 12.8. The lowest BCUT2D eigenvalue weighted by molar-refractivity contribution is -0.138. The summed E-state index contributed by atoms with van der Waals surface area (Å²) in [7, 11) is 0. The standard InChI is InChI=1S/C17H18ClNO2/c1-11(2)12-6-8-13(9-7-12)16(17(20)21)19-15-5-3-4-14(18)10-15/h3-11,16,19H,1-2H3,(H,20,21). The van der Waals surface area contributed by atoms with Crippen LogP contribution in [0.1, 0.15) is 36.9 Å². The zero-order valence-electron chi connectivity index (χ0n) is 12.0. The predicted octanol–water partition coefficient (Wildman–Crippen LogP) is 4.70. The topological polar surface area (TPSA) is 49.3 Å². The Hall–Kier alpha value is -2.00. The van der Waals surface area contributed by atoms with Crippen molar-refractivity contribution in [2.45, 2.75) is 25.8 Å². The summed E-state index contributed by atoms with van der Waals surface area (Å²) in [6.45, 7) is 4.21. The third-order valence-corrected chi connectivity index (χ3v) is 3.55. The summed E-state index contributed by atoms with van der Waals surface area (Å²) in [6.07, 6.45) is 0. The Balaban J connectivity index is 2.24. The van der Waals surface area contributed by atoms with Crippen LogP contribution in [0.25, 0.3) is 0 Å². The van der Waals surface area contributed by atoms with Crippen LogP contribution in [0.5, 0.6) is 0 Å². The highest BCUT2D eigenvalue weighted by Gasteiger charge is 2.19. The zero-order chi connectivity index (χ0) is 15.4. The van der Waals surface area contributed by atoms with Crippen molar-refractivity contribution in [2.75, 3.05) is 5.32 Å². The fourth-order valence-electron chi connectivity index (χ4n) is 2.11. The van der Waals surface area contributed by atoms with Gasteiger partial charge in [-0.25, -0.2) is 4.79 Å². The number of carboxylic acids is 1. The van der Waals surface area contributed by atoms with Crippen molar-refractivity contribution in [3.05, 3.63) is 64.7 Å². The quantitative estimate of drug-likeness (QED) is 0.841. The molecule has 0 radical (unpaired) electrons. The van der Waals surface area contributed by atoms with E-state index in [-0.39, 0.29) is 0 Å². The Morgan fingerprint density at radius 3 is 2.24 bits per heavy atom. The van der Waals surface area contributed by atoms with Gasteiger partial charge in [0.15, 0.2) is 6.04 Å². The number of halogens is 1. The highest BCUT2D eigenvalue weighted by molar-refractivity contribution is 6.30. The summed E-state index contributed by atoms with van der Waals surface area (Å²) >= 11 is 5.92. The molecule has 0 aliphatic rings. The first-order chi connectivity index (χ1) is 9.97. The molecule has 0 bridgehead atoms. The molecule has 21 heavy (non-hydrogen) atoms. The lowest BCUT2D eigenvalue weighted by Crippen LogP contribution is -2.20. The van der Waals surface area contributed by atoms with E-state index in [2.05, 4.69) is 19.2 Å². The molecule has 2 N–H and O–H groups in total. The first-order valence-corrected chi connectivity index (χ1v) is 7.20. The van der Waals surface area contributed by atoms with Crippen LogP contribution in [0.2, 0.25) is 5.02 Å². The van der Waals surface area contributed by atoms with E-state index in [9.17, 15) is 9.90 Å². The van der Waals surface area contributed by atoms with Crippen molar-refractivity contribution in [1.82, 2.24) is 0 Å². The van der Waals surface area contributed by atoms with Crippen molar-refractivity contribution in [1.29, 1.82) is 0 Å². The van der Waals surface area contributed by atoms with Gasteiger partial charge in [-0.15, -0.1) is 0 Å². The minimum absolute atomic E-state index is 0.420. The Morgan fingerprint density at radius 1 is 1.10 bits per heavy atom. The van der Waals surface area contributed by atoms with Crippen LogP contribution in [-0.4, -0.2) is 11.1 Å². The smallest absolute Gasteiger partial charge is 0.330 e. The fraction of sp³-hybridized carbons (Fsp3) is 0.235. The van der Waals surface area contributed by atoms with E-state index in [0.717, 1.165) is 0 Å². The molecule has 0 aromatic heterocycles. The Bertz CT molecular complexity index is 623. The number of hydrogen-bond acceptors (Lipinski definition) is 2. The van der Waals surface area contributed by atoms with Crippen LogP contribution in [0.15, 0.2) is 48.5 Å². The van der Waals surface area contributed by atoms with Crippen LogP contribution >= 0.6 is 11.6 Å². The number of benzene rings is 2. The molecule has 1 unspecified atom stereocenters. The molecule has 0 aliphatic carbocycles. The molecule has 2 aromatic carbocycles. The Morgan fingerprint density at radius 2 is 1.71 bits per heavy atom. The van der Waals surface area contributed by atoms with Crippen molar-refractivity contribution in [3.63, 3.8) is 0 Å². The first kappa shape index (κ1) is 15.4. The SMILES string of the molecule is CC(C)c1ccc(C(Nc2cccc(Cl)c2)C(=O)O)cc1. The summed E-state index contributed by atoms with van der Waals surface area (Å²) in [5.41, 5.74) is 2.58. The van der Waals surface area contributed by atoms with Crippen LogP contribution in [0, 0.1) is 0 Å². The number of anilines is 1. The van der Waals surface area contributed by atoms with Crippen molar-refractivity contribution in [2.24, 2.45) is 0 Å². The van der Waals surface area contributed by atoms with E-state index < -0.39 is 12.0 Å². The highest BCUT2D eigenvalue weighted by Crippen LogP contribution is 2.24. The molecule has 0 fully saturated rings. The van der Waals surface area contributed by atoms with Gasteiger partial charge in [0.2, 0.25) is 0 Å². The van der Waals surface area contributed by atoms with Gasteiger partial charge in [-0.3, -0.25) is 0 Å². The second-order valence-electron chi connectivity index (χ2n) is 5.25. The van der Waals surface area contributed by atoms with Gasteiger partial charge in [0, 0.05) is 10.7 Å². The summed E-state index contributed by atoms with van der Waals surface area (Å²) in [4.78, 5) is 11.5. The summed E-state index contributed by atoms with van der Waals surface area (Å²) in [5.74, 6) is -0.504. The molecule has 1 atom stereocenters. The van der Waals surface area contributed by atoms with Gasteiger partial charge in [-0.1, -0.05) is 55.8 Å². The number of carboxylic acid groups (broad SMARTS) is 1. The van der Waals surface area contributed by atoms with Gasteiger partial charge in [-0.2, -0.15) is 0 Å². The third-order valence-electron chi connectivity index (χ3n) is 3.32. The number of rotatable bonds is 5. The molecular weight excluding hydrogens is 286 g/mol.